The summed E-state index contributed by atoms with van der Waals surface area (Å²) in [5.41, 5.74) is -1.91. The Morgan fingerprint density at radius 3 is 2.55 bits per heavy atom. The molecule has 33 heavy (non-hydrogen) atoms. The van der Waals surface area contributed by atoms with Gasteiger partial charge in [0.05, 0.1) is 16.8 Å². The van der Waals surface area contributed by atoms with E-state index in [0.29, 0.717) is 0 Å². The minimum atomic E-state index is -4.69. The molecule has 0 aliphatic carbocycles. The highest BCUT2D eigenvalue weighted by molar-refractivity contribution is 7.25. The van der Waals surface area contributed by atoms with Gasteiger partial charge in [0.15, 0.2) is 0 Å². The van der Waals surface area contributed by atoms with Gasteiger partial charge >= 0.3 is 18.4 Å². The van der Waals surface area contributed by atoms with Gasteiger partial charge in [0, 0.05) is 22.2 Å². The van der Waals surface area contributed by atoms with Crippen molar-refractivity contribution in [3.05, 3.63) is 32.8 Å². The Morgan fingerprint density at radius 2 is 2.00 bits per heavy atom. The second-order valence-electron chi connectivity index (χ2n) is 8.26. The molecule has 0 saturated carbocycles. The van der Waals surface area contributed by atoms with Crippen LogP contribution in [0.3, 0.4) is 0 Å². The monoisotopic (exact) mass is 521 g/mol. The number of carbonyl (C=O) groups excluding carboxylic acids is 1. The number of hydrogen-bond acceptors (Lipinski definition) is 7. The highest BCUT2D eigenvalue weighted by Crippen LogP contribution is 2.47. The summed E-state index contributed by atoms with van der Waals surface area (Å²) in [7, 11) is 0. The second kappa shape index (κ2) is 9.47. The Balaban J connectivity index is 1.94. The summed E-state index contributed by atoms with van der Waals surface area (Å²) in [5, 5.41) is 14.2. The van der Waals surface area contributed by atoms with Gasteiger partial charge in [-0.25, -0.2) is 9.59 Å². The molecular formula is C20H22F3N3O4S3. The molecule has 0 unspecified atom stereocenters. The van der Waals surface area contributed by atoms with Gasteiger partial charge in [0.1, 0.15) is 16.1 Å². The van der Waals surface area contributed by atoms with Gasteiger partial charge in [0.2, 0.25) is 0 Å². The molecule has 0 fully saturated rings. The summed E-state index contributed by atoms with van der Waals surface area (Å²) < 4.78 is 51.2. The zero-order valence-electron chi connectivity index (χ0n) is 18.1. The van der Waals surface area contributed by atoms with Crippen LogP contribution in [-0.2, 0) is 23.9 Å². The van der Waals surface area contributed by atoms with E-state index in [1.54, 1.807) is 45.2 Å². The van der Waals surface area contributed by atoms with Gasteiger partial charge in [-0.1, -0.05) is 6.07 Å². The van der Waals surface area contributed by atoms with Crippen LogP contribution < -0.4 is 10.2 Å². The topological polar surface area (TPSA) is 91.8 Å². The number of anilines is 1. The molecule has 3 aromatic heterocycles. The van der Waals surface area contributed by atoms with Crippen LogP contribution in [-0.4, -0.2) is 33.3 Å². The van der Waals surface area contributed by atoms with E-state index in [9.17, 15) is 27.9 Å². The molecule has 0 spiro atoms. The summed E-state index contributed by atoms with van der Waals surface area (Å²) in [6, 6.07) is 2.87. The van der Waals surface area contributed by atoms with E-state index in [-0.39, 0.29) is 33.1 Å². The van der Waals surface area contributed by atoms with Gasteiger partial charge in [-0.3, -0.25) is 4.90 Å². The fraction of sp³-hybridized carbons (Fsp3) is 0.450. The molecule has 3 heterocycles. The number of carboxylic acid groups (broad SMARTS) is 1. The number of hydrogen-bond donors (Lipinski definition) is 2. The molecule has 0 aliphatic rings. The van der Waals surface area contributed by atoms with E-state index in [2.05, 4.69) is 9.69 Å². The third-order valence-corrected chi connectivity index (χ3v) is 7.35. The van der Waals surface area contributed by atoms with Crippen molar-refractivity contribution in [2.24, 2.45) is 0 Å². The van der Waals surface area contributed by atoms with Crippen LogP contribution in [0, 0.1) is 0 Å². The Bertz CT molecular complexity index is 1130. The number of alkyl carbamates (subject to hydrolysis) is 1. The summed E-state index contributed by atoms with van der Waals surface area (Å²) in [6.45, 7) is 6.64. The lowest BCUT2D eigenvalue weighted by Gasteiger charge is -2.22. The van der Waals surface area contributed by atoms with Crippen LogP contribution in [0.25, 0.3) is 10.2 Å². The van der Waals surface area contributed by atoms with Crippen molar-refractivity contribution in [1.82, 2.24) is 9.69 Å². The Kier molecular flexibility index (Phi) is 7.24. The normalized spacial score (nSPS) is 13.2. The van der Waals surface area contributed by atoms with E-state index < -0.39 is 35.6 Å². The molecule has 3 rings (SSSR count). The maximum absolute atomic E-state index is 14.0. The van der Waals surface area contributed by atoms with E-state index in [0.717, 1.165) is 32.6 Å². The average molecular weight is 522 g/mol. The quantitative estimate of drug-likeness (QED) is 0.382. The number of alkyl halides is 3. The van der Waals surface area contributed by atoms with E-state index in [1.807, 2.05) is 0 Å². The number of halogens is 3. The van der Waals surface area contributed by atoms with Crippen molar-refractivity contribution < 1.29 is 32.6 Å². The molecule has 0 bridgehead atoms. The van der Waals surface area contributed by atoms with E-state index in [1.165, 1.54) is 11.3 Å². The molecule has 2 N–H and O–H groups in total. The highest BCUT2D eigenvalue weighted by Gasteiger charge is 2.40. The van der Waals surface area contributed by atoms with Crippen molar-refractivity contribution in [1.29, 1.82) is 0 Å². The number of nitrogens with zero attached hydrogens (tertiary/aromatic N) is 2. The molecule has 0 radical (unpaired) electrons. The SMILES string of the molecule is C[C@@H](Cc1sc2c(N(Cc3cccs3)C(=O)O)snc2c1C(F)(F)F)NC(=O)OC(C)(C)C. The molecule has 180 valence electrons. The first-order valence-corrected chi connectivity index (χ1v) is 12.2. The highest BCUT2D eigenvalue weighted by atomic mass is 32.1. The number of amides is 2. The maximum Gasteiger partial charge on any atom is 0.419 e. The van der Waals surface area contributed by atoms with E-state index in [4.69, 9.17) is 4.74 Å². The molecule has 13 heteroatoms. The molecule has 1 atom stereocenters. The molecule has 3 aromatic rings. The average Bonchev–Trinajstić information content (AvgIpc) is 3.33. The van der Waals surface area contributed by atoms with Crippen molar-refractivity contribution >= 4 is 61.6 Å². The Labute approximate surface area is 200 Å². The molecule has 0 saturated heterocycles. The maximum atomic E-state index is 14.0. The van der Waals surface area contributed by atoms with Crippen LogP contribution in [0.15, 0.2) is 17.5 Å². The molecular weight excluding hydrogens is 499 g/mol. The van der Waals surface area contributed by atoms with Crippen molar-refractivity contribution in [3.8, 4) is 0 Å². The number of rotatable bonds is 6. The van der Waals surface area contributed by atoms with Gasteiger partial charge in [-0.15, -0.1) is 22.7 Å². The molecule has 0 aromatic carbocycles. The third-order valence-electron chi connectivity index (χ3n) is 4.28. The second-order valence-corrected chi connectivity index (χ2v) is 11.2. The summed E-state index contributed by atoms with van der Waals surface area (Å²) in [6.07, 6.45) is -6.81. The van der Waals surface area contributed by atoms with Crippen molar-refractivity contribution in [3.63, 3.8) is 0 Å². The smallest absolute Gasteiger partial charge is 0.419 e. The molecule has 7 nitrogen and oxygen atoms in total. The number of fused-ring (bicyclic) bond motifs is 1. The Morgan fingerprint density at radius 1 is 1.30 bits per heavy atom. The minimum Gasteiger partial charge on any atom is -0.465 e. The lowest BCUT2D eigenvalue weighted by atomic mass is 10.1. The van der Waals surface area contributed by atoms with Crippen LogP contribution in [0.2, 0.25) is 0 Å². The van der Waals surface area contributed by atoms with Crippen LogP contribution in [0.1, 0.15) is 43.0 Å². The fourth-order valence-corrected chi connectivity index (χ4v) is 6.17. The van der Waals surface area contributed by atoms with Crippen LogP contribution >= 0.6 is 34.2 Å². The van der Waals surface area contributed by atoms with E-state index >= 15 is 0 Å². The zero-order chi connectivity index (χ0) is 24.6. The first-order valence-electron chi connectivity index (χ1n) is 9.77. The van der Waals surface area contributed by atoms with Gasteiger partial charge in [0.25, 0.3) is 0 Å². The van der Waals surface area contributed by atoms with Crippen molar-refractivity contribution in [2.75, 3.05) is 4.90 Å². The van der Waals surface area contributed by atoms with Gasteiger partial charge in [-0.05, 0) is 50.7 Å². The molecule has 0 aliphatic heterocycles. The number of nitrogens with one attached hydrogen (secondary N) is 1. The first kappa shape index (κ1) is 25.2. The van der Waals surface area contributed by atoms with Gasteiger partial charge < -0.3 is 15.2 Å². The standard InChI is InChI=1S/C20H22F3N3O4S3/c1-10(24-17(27)30-19(2,3)4)8-12-13(20(21,22)23)14-15(32-12)16(33-25-14)26(18(28)29)9-11-6-5-7-31-11/h5-7,10H,8-9H2,1-4H3,(H,24,27)(H,28,29)/t10-/m0/s1. The number of thiophene rings is 2. The minimum absolute atomic E-state index is 0.00940. The van der Waals surface area contributed by atoms with Crippen molar-refractivity contribution in [2.45, 2.75) is 58.5 Å². The summed E-state index contributed by atoms with van der Waals surface area (Å²) >= 11 is 2.92. The summed E-state index contributed by atoms with van der Waals surface area (Å²) in [5.74, 6) is 0. The summed E-state index contributed by atoms with van der Waals surface area (Å²) in [4.78, 5) is 25.6. The van der Waals surface area contributed by atoms with Crippen LogP contribution in [0.4, 0.5) is 27.8 Å². The zero-order valence-corrected chi connectivity index (χ0v) is 20.6. The lowest BCUT2D eigenvalue weighted by molar-refractivity contribution is -0.136. The number of aromatic nitrogens is 1. The van der Waals surface area contributed by atoms with Crippen LogP contribution in [0.5, 0.6) is 0 Å². The van der Waals surface area contributed by atoms with Gasteiger partial charge in [-0.2, -0.15) is 17.5 Å². The lowest BCUT2D eigenvalue weighted by Crippen LogP contribution is -2.38. The third kappa shape index (κ3) is 6.15. The Hall–Kier alpha value is -2.38. The molecule has 2 amide bonds. The predicted octanol–water partition coefficient (Wildman–Crippen LogP) is 6.58. The largest absolute Gasteiger partial charge is 0.465 e. The number of carbonyl (C=O) groups is 2. The predicted molar refractivity (Wildman–Crippen MR) is 124 cm³/mol. The first-order chi connectivity index (χ1) is 15.3. The number of ether oxygens (including phenoxy) is 1. The fourth-order valence-electron chi connectivity index (χ4n) is 3.06.